The Bertz CT molecular complexity index is 1010. The number of amides is 1. The average molecular weight is 413 g/mol. The van der Waals surface area contributed by atoms with Crippen LogP contribution in [-0.2, 0) is 15.1 Å². The molecule has 0 radical (unpaired) electrons. The fourth-order valence-corrected chi connectivity index (χ4v) is 6.13. The first kappa shape index (κ1) is 19.5. The van der Waals surface area contributed by atoms with Crippen LogP contribution in [0, 0.1) is 29.4 Å². The molecule has 1 aromatic carbocycles. The standard InChI is InChI=1S/C23H25F2N3O2/c1-4-17(22(29)26-5-2)30-23-10-13-11(3)20(23)18(13)12-9-16(27-28-21(12)23)19-14(24)7-6-8-15(19)25/h6-9,11,13,17-18,20H,4-5,10H2,1-3H3,(H,26,29)/t11?,13?,17-,18+,20?,23+/m0/s1. The predicted molar refractivity (Wildman–Crippen MR) is 106 cm³/mol. The van der Waals surface area contributed by atoms with E-state index in [0.717, 1.165) is 17.7 Å². The van der Waals surface area contributed by atoms with Crippen LogP contribution in [-0.4, -0.2) is 28.8 Å². The molecule has 30 heavy (non-hydrogen) atoms. The van der Waals surface area contributed by atoms with Gasteiger partial charge in [-0.1, -0.05) is 19.9 Å². The molecule has 1 aromatic heterocycles. The molecule has 6 rings (SSSR count). The Morgan fingerprint density at radius 1 is 1.30 bits per heavy atom. The molecule has 3 unspecified atom stereocenters. The molecule has 0 aliphatic heterocycles. The van der Waals surface area contributed by atoms with Crippen molar-refractivity contribution in [3.8, 4) is 11.3 Å². The van der Waals surface area contributed by atoms with Gasteiger partial charge in [-0.15, -0.1) is 5.10 Å². The van der Waals surface area contributed by atoms with E-state index in [0.29, 0.717) is 24.8 Å². The van der Waals surface area contributed by atoms with Crippen LogP contribution in [0.2, 0.25) is 0 Å². The molecule has 4 bridgehead atoms. The van der Waals surface area contributed by atoms with Crippen LogP contribution >= 0.6 is 0 Å². The lowest BCUT2D eigenvalue weighted by molar-refractivity contribution is -0.156. The second-order valence-corrected chi connectivity index (χ2v) is 8.71. The number of nitrogens with one attached hydrogen (secondary N) is 1. The maximum atomic E-state index is 14.3. The van der Waals surface area contributed by atoms with E-state index >= 15 is 0 Å². The van der Waals surface area contributed by atoms with Crippen molar-refractivity contribution in [3.05, 3.63) is 47.2 Å². The molecule has 5 nitrogen and oxygen atoms in total. The lowest BCUT2D eigenvalue weighted by atomic mass is 9.63. The Hall–Kier alpha value is -2.41. The molecule has 0 saturated heterocycles. The first-order valence-corrected chi connectivity index (χ1v) is 10.7. The van der Waals surface area contributed by atoms with Gasteiger partial charge in [-0.05, 0) is 61.3 Å². The summed E-state index contributed by atoms with van der Waals surface area (Å²) in [5.74, 6) is -0.0873. The molecule has 1 N–H and O–H groups in total. The summed E-state index contributed by atoms with van der Waals surface area (Å²) in [5, 5.41) is 11.5. The SMILES string of the molecule is CCNC(=O)[C@H](CC)O[C@]12CC3C(C)C1[C@@H]3c1cc(-c3c(F)cccc3F)nnc12. The maximum absolute atomic E-state index is 14.3. The second-order valence-electron chi connectivity index (χ2n) is 8.71. The molecule has 0 spiro atoms. The molecule has 1 amide bonds. The quantitative estimate of drug-likeness (QED) is 0.779. The maximum Gasteiger partial charge on any atom is 0.249 e. The normalized spacial score (nSPS) is 31.2. The minimum absolute atomic E-state index is 0.117. The van der Waals surface area contributed by atoms with Crippen molar-refractivity contribution in [2.75, 3.05) is 6.54 Å². The number of nitrogens with zero attached hydrogens (tertiary/aromatic N) is 2. The number of halogens is 2. The summed E-state index contributed by atoms with van der Waals surface area (Å²) < 4.78 is 35.1. The van der Waals surface area contributed by atoms with E-state index < -0.39 is 23.3 Å². The third kappa shape index (κ3) is 2.44. The molecule has 3 saturated carbocycles. The largest absolute Gasteiger partial charge is 0.355 e. The Morgan fingerprint density at radius 2 is 2.03 bits per heavy atom. The topological polar surface area (TPSA) is 64.1 Å². The van der Waals surface area contributed by atoms with Gasteiger partial charge in [-0.25, -0.2) is 8.78 Å². The van der Waals surface area contributed by atoms with E-state index in [2.05, 4.69) is 22.4 Å². The van der Waals surface area contributed by atoms with Gasteiger partial charge in [-0.2, -0.15) is 5.10 Å². The molecule has 4 aliphatic rings. The Balaban J connectivity index is 1.56. The summed E-state index contributed by atoms with van der Waals surface area (Å²) in [7, 11) is 0. The van der Waals surface area contributed by atoms with Crippen molar-refractivity contribution in [1.29, 1.82) is 0 Å². The van der Waals surface area contributed by atoms with Crippen LogP contribution < -0.4 is 5.32 Å². The number of hydrogen-bond donors (Lipinski definition) is 1. The Kier molecular flexibility index (Phi) is 4.43. The summed E-state index contributed by atoms with van der Waals surface area (Å²) in [4.78, 5) is 12.5. The minimum atomic E-state index is -0.654. The Morgan fingerprint density at radius 3 is 2.70 bits per heavy atom. The van der Waals surface area contributed by atoms with Gasteiger partial charge in [0.2, 0.25) is 5.91 Å². The van der Waals surface area contributed by atoms with E-state index in [1.165, 1.54) is 18.2 Å². The van der Waals surface area contributed by atoms with Crippen molar-refractivity contribution in [1.82, 2.24) is 15.5 Å². The smallest absolute Gasteiger partial charge is 0.249 e. The molecule has 158 valence electrons. The first-order chi connectivity index (χ1) is 14.4. The molecule has 4 aliphatic carbocycles. The van der Waals surface area contributed by atoms with Crippen molar-refractivity contribution < 1.29 is 18.3 Å². The second kappa shape index (κ2) is 6.80. The van der Waals surface area contributed by atoms with Gasteiger partial charge in [0, 0.05) is 12.5 Å². The van der Waals surface area contributed by atoms with Crippen LogP contribution in [0.1, 0.15) is 50.8 Å². The first-order valence-electron chi connectivity index (χ1n) is 10.7. The van der Waals surface area contributed by atoms with Crippen molar-refractivity contribution in [2.45, 2.75) is 51.2 Å². The van der Waals surface area contributed by atoms with Crippen LogP contribution in [0.4, 0.5) is 8.78 Å². The zero-order chi connectivity index (χ0) is 21.2. The van der Waals surface area contributed by atoms with Gasteiger partial charge in [0.15, 0.2) is 0 Å². The number of aromatic nitrogens is 2. The molecule has 1 heterocycles. The molecular formula is C23H25F2N3O2. The lowest BCUT2D eigenvalue weighted by Crippen LogP contribution is -2.44. The van der Waals surface area contributed by atoms with Gasteiger partial charge in [0.1, 0.15) is 23.3 Å². The molecule has 7 heteroatoms. The zero-order valence-electron chi connectivity index (χ0n) is 17.3. The highest BCUT2D eigenvalue weighted by Gasteiger charge is 2.74. The summed E-state index contributed by atoms with van der Waals surface area (Å²) in [6, 6.07) is 5.56. The number of fused-ring (bicyclic) bond motifs is 1. The van der Waals surface area contributed by atoms with Gasteiger partial charge >= 0.3 is 0 Å². The summed E-state index contributed by atoms with van der Waals surface area (Å²) in [5.41, 5.74) is 1.11. The van der Waals surface area contributed by atoms with Crippen LogP contribution in [0.25, 0.3) is 11.3 Å². The highest BCUT2D eigenvalue weighted by atomic mass is 19.1. The van der Waals surface area contributed by atoms with Crippen molar-refractivity contribution in [2.24, 2.45) is 17.8 Å². The Labute approximate surface area is 174 Å². The van der Waals surface area contributed by atoms with Crippen molar-refractivity contribution >= 4 is 5.91 Å². The van der Waals surface area contributed by atoms with E-state index in [-0.39, 0.29) is 29.0 Å². The number of hydrogen-bond acceptors (Lipinski definition) is 4. The molecule has 2 aromatic rings. The number of carbonyl (C=O) groups excluding carboxylic acids is 1. The van der Waals surface area contributed by atoms with E-state index in [9.17, 15) is 13.6 Å². The predicted octanol–water partition coefficient (Wildman–Crippen LogP) is 3.93. The third-order valence-electron chi connectivity index (χ3n) is 7.34. The summed E-state index contributed by atoms with van der Waals surface area (Å²) in [6.07, 6.45) is 0.813. The van der Waals surface area contributed by atoms with E-state index in [1.807, 2.05) is 13.8 Å². The molecule has 3 fully saturated rings. The van der Waals surface area contributed by atoms with Gasteiger partial charge in [0.05, 0.1) is 17.0 Å². The van der Waals surface area contributed by atoms with Gasteiger partial charge in [0.25, 0.3) is 0 Å². The number of likely N-dealkylation sites (N-methyl/N-ethyl adjacent to an activating group) is 1. The highest BCUT2D eigenvalue weighted by Crippen LogP contribution is 2.76. The number of carbonyl (C=O) groups is 1. The summed E-state index contributed by atoms with van der Waals surface area (Å²) in [6.45, 7) is 6.57. The summed E-state index contributed by atoms with van der Waals surface area (Å²) >= 11 is 0. The number of ether oxygens (including phenoxy) is 1. The van der Waals surface area contributed by atoms with E-state index in [1.54, 1.807) is 6.07 Å². The highest BCUT2D eigenvalue weighted by molar-refractivity contribution is 5.80. The fourth-order valence-electron chi connectivity index (χ4n) is 6.13. The van der Waals surface area contributed by atoms with Gasteiger partial charge in [-0.3, -0.25) is 4.79 Å². The molecule has 6 atom stereocenters. The van der Waals surface area contributed by atoms with Crippen LogP contribution in [0.5, 0.6) is 0 Å². The number of benzene rings is 1. The average Bonchev–Trinajstić information content (AvgIpc) is 3.30. The van der Waals surface area contributed by atoms with Crippen LogP contribution in [0.3, 0.4) is 0 Å². The fraction of sp³-hybridized carbons (Fsp3) is 0.522. The molecular weight excluding hydrogens is 388 g/mol. The van der Waals surface area contributed by atoms with Crippen molar-refractivity contribution in [3.63, 3.8) is 0 Å². The lowest BCUT2D eigenvalue weighted by Gasteiger charge is -2.41. The number of rotatable bonds is 6. The van der Waals surface area contributed by atoms with E-state index in [4.69, 9.17) is 4.74 Å². The monoisotopic (exact) mass is 413 g/mol. The zero-order valence-corrected chi connectivity index (χ0v) is 17.3. The van der Waals surface area contributed by atoms with Crippen LogP contribution in [0.15, 0.2) is 24.3 Å². The van der Waals surface area contributed by atoms with Gasteiger partial charge < -0.3 is 10.1 Å². The minimum Gasteiger partial charge on any atom is -0.355 e. The third-order valence-corrected chi connectivity index (χ3v) is 7.34.